The number of carbonyl (C=O) groups excluding carboxylic acids is 1. The molecule has 7 nitrogen and oxygen atoms in total. The third-order valence-corrected chi connectivity index (χ3v) is 5.86. The van der Waals surface area contributed by atoms with Crippen LogP contribution in [0.15, 0.2) is 42.5 Å². The second-order valence-corrected chi connectivity index (χ2v) is 8.10. The predicted octanol–water partition coefficient (Wildman–Crippen LogP) is 4.36. The maximum atomic E-state index is 12.6. The van der Waals surface area contributed by atoms with E-state index in [9.17, 15) is 14.7 Å². The monoisotopic (exact) mass is 434 g/mol. The van der Waals surface area contributed by atoms with Gasteiger partial charge in [0.15, 0.2) is 0 Å². The van der Waals surface area contributed by atoms with Crippen LogP contribution < -0.4 is 10.2 Å². The van der Waals surface area contributed by atoms with Crippen LogP contribution in [-0.2, 0) is 13.5 Å². The molecule has 3 rings (SSSR count). The second-order valence-electron chi connectivity index (χ2n) is 8.10. The molecule has 0 atom stereocenters. The number of carbonyl (C=O) groups is 2. The molecule has 2 N–H and O–H groups in total. The number of carboxylic acid groups (broad SMARTS) is 1. The van der Waals surface area contributed by atoms with Gasteiger partial charge in [0.25, 0.3) is 5.91 Å². The van der Waals surface area contributed by atoms with Crippen LogP contribution in [0.4, 0.5) is 11.4 Å². The van der Waals surface area contributed by atoms with Gasteiger partial charge in [-0.25, -0.2) is 4.79 Å². The number of anilines is 2. The summed E-state index contributed by atoms with van der Waals surface area (Å²) in [6.07, 6.45) is 1.75. The van der Waals surface area contributed by atoms with Crippen molar-refractivity contribution in [2.45, 2.75) is 33.6 Å². The molecule has 32 heavy (non-hydrogen) atoms. The van der Waals surface area contributed by atoms with Crippen LogP contribution in [0.5, 0.6) is 0 Å². The molecule has 3 aromatic rings. The Hall–Kier alpha value is -3.61. The summed E-state index contributed by atoms with van der Waals surface area (Å²) in [4.78, 5) is 26.5. The fourth-order valence-electron chi connectivity index (χ4n) is 3.94. The molecule has 1 heterocycles. The van der Waals surface area contributed by atoms with Crippen LogP contribution in [-0.4, -0.2) is 40.4 Å². The minimum absolute atomic E-state index is 0.156. The molecule has 0 aliphatic heterocycles. The third kappa shape index (κ3) is 4.99. The number of amides is 1. The zero-order chi connectivity index (χ0) is 23.4. The minimum atomic E-state index is -1.03. The largest absolute Gasteiger partial charge is 0.478 e. The van der Waals surface area contributed by atoms with Crippen molar-refractivity contribution in [1.82, 2.24) is 9.78 Å². The highest BCUT2D eigenvalue weighted by Crippen LogP contribution is 2.25. The van der Waals surface area contributed by atoms with Crippen molar-refractivity contribution in [2.75, 3.05) is 23.8 Å². The van der Waals surface area contributed by atoms with Gasteiger partial charge in [-0.2, -0.15) is 5.10 Å². The van der Waals surface area contributed by atoms with Gasteiger partial charge >= 0.3 is 5.97 Å². The maximum absolute atomic E-state index is 12.6. The molecule has 0 bridgehead atoms. The fourth-order valence-corrected chi connectivity index (χ4v) is 3.94. The Bertz CT molecular complexity index is 1150. The number of benzene rings is 2. The van der Waals surface area contributed by atoms with E-state index < -0.39 is 5.97 Å². The van der Waals surface area contributed by atoms with Crippen LogP contribution in [0.3, 0.4) is 0 Å². The van der Waals surface area contributed by atoms with Gasteiger partial charge < -0.3 is 15.3 Å². The van der Waals surface area contributed by atoms with Crippen LogP contribution in [0.1, 0.15) is 49.7 Å². The lowest BCUT2D eigenvalue weighted by atomic mass is 10.1. The number of aromatic nitrogens is 2. The number of nitrogens with zero attached hydrogens (tertiary/aromatic N) is 3. The Balaban J connectivity index is 1.72. The zero-order valence-electron chi connectivity index (χ0n) is 19.3. The van der Waals surface area contributed by atoms with Crippen LogP contribution in [0, 0.1) is 20.8 Å². The molecule has 0 aliphatic rings. The van der Waals surface area contributed by atoms with Crippen molar-refractivity contribution in [3.8, 4) is 0 Å². The Kier molecular flexibility index (Phi) is 6.98. The normalized spacial score (nSPS) is 10.8. The van der Waals surface area contributed by atoms with Gasteiger partial charge in [-0.1, -0.05) is 18.2 Å². The number of rotatable bonds is 8. The van der Waals surface area contributed by atoms with Crippen molar-refractivity contribution >= 4 is 23.3 Å². The molecule has 168 valence electrons. The zero-order valence-corrected chi connectivity index (χ0v) is 19.3. The predicted molar refractivity (Wildman–Crippen MR) is 127 cm³/mol. The van der Waals surface area contributed by atoms with E-state index in [2.05, 4.69) is 17.3 Å². The smallest absolute Gasteiger partial charge is 0.337 e. The van der Waals surface area contributed by atoms with Crippen LogP contribution >= 0.6 is 0 Å². The highest BCUT2D eigenvalue weighted by Gasteiger charge is 2.17. The van der Waals surface area contributed by atoms with Crippen molar-refractivity contribution in [3.63, 3.8) is 0 Å². The maximum Gasteiger partial charge on any atom is 0.337 e. The van der Waals surface area contributed by atoms with Crippen molar-refractivity contribution < 1.29 is 14.7 Å². The van der Waals surface area contributed by atoms with Gasteiger partial charge in [0, 0.05) is 37.6 Å². The number of aryl methyl sites for hydroxylation is 3. The van der Waals surface area contributed by atoms with Gasteiger partial charge in [-0.3, -0.25) is 9.48 Å². The number of hydrogen-bond acceptors (Lipinski definition) is 4. The molecule has 0 fully saturated rings. The van der Waals surface area contributed by atoms with Gasteiger partial charge in [0.2, 0.25) is 0 Å². The molecule has 0 saturated heterocycles. The first-order chi connectivity index (χ1) is 15.2. The van der Waals surface area contributed by atoms with Crippen LogP contribution in [0.2, 0.25) is 0 Å². The molecule has 0 aliphatic carbocycles. The third-order valence-electron chi connectivity index (χ3n) is 5.86. The molecule has 0 radical (unpaired) electrons. The Morgan fingerprint density at radius 3 is 2.44 bits per heavy atom. The molecular formula is C25H30N4O3. The lowest BCUT2D eigenvalue weighted by Crippen LogP contribution is -2.22. The lowest BCUT2D eigenvalue weighted by Gasteiger charge is -2.22. The molecule has 0 spiro atoms. The summed E-state index contributed by atoms with van der Waals surface area (Å²) in [6, 6.07) is 12.3. The summed E-state index contributed by atoms with van der Waals surface area (Å²) >= 11 is 0. The fraction of sp³-hybridized carbons (Fsp3) is 0.320. The topological polar surface area (TPSA) is 87.5 Å². The van der Waals surface area contributed by atoms with E-state index in [4.69, 9.17) is 0 Å². The van der Waals surface area contributed by atoms with E-state index in [0.717, 1.165) is 29.8 Å². The van der Waals surface area contributed by atoms with E-state index in [1.807, 2.05) is 49.7 Å². The molecule has 2 aromatic carbocycles. The van der Waals surface area contributed by atoms with Gasteiger partial charge in [-0.15, -0.1) is 0 Å². The molecule has 7 heteroatoms. The van der Waals surface area contributed by atoms with E-state index in [0.29, 0.717) is 23.5 Å². The van der Waals surface area contributed by atoms with E-state index in [1.54, 1.807) is 24.3 Å². The van der Waals surface area contributed by atoms with E-state index in [1.165, 1.54) is 11.6 Å². The first-order valence-corrected chi connectivity index (χ1v) is 10.6. The molecule has 1 amide bonds. The van der Waals surface area contributed by atoms with Crippen molar-refractivity contribution in [3.05, 3.63) is 76.1 Å². The van der Waals surface area contributed by atoms with Gasteiger partial charge in [-0.05, 0) is 69.0 Å². The summed E-state index contributed by atoms with van der Waals surface area (Å²) in [5, 5.41) is 17.0. The SMILES string of the molecule is Cc1ccccc1C(=O)Nc1ccc(N(C)CCCc2c(C)nn(C)c2C)c(C(=O)O)c1. The van der Waals surface area contributed by atoms with Crippen molar-refractivity contribution in [1.29, 1.82) is 0 Å². The number of hydrogen-bond donors (Lipinski definition) is 2. The highest BCUT2D eigenvalue weighted by molar-refractivity contribution is 6.06. The van der Waals surface area contributed by atoms with Crippen LogP contribution in [0.25, 0.3) is 0 Å². The average molecular weight is 435 g/mol. The molecular weight excluding hydrogens is 404 g/mol. The molecule has 0 saturated carbocycles. The quantitative estimate of drug-likeness (QED) is 0.550. The van der Waals surface area contributed by atoms with Gasteiger partial charge in [0.1, 0.15) is 0 Å². The first kappa shape index (κ1) is 23.1. The number of carboxylic acids is 1. The highest BCUT2D eigenvalue weighted by atomic mass is 16.4. The Morgan fingerprint density at radius 1 is 1.09 bits per heavy atom. The lowest BCUT2D eigenvalue weighted by molar-refractivity contribution is 0.0697. The molecule has 1 aromatic heterocycles. The standard InChI is InChI=1S/C25H30N4O3/c1-16-9-6-7-10-20(16)24(30)26-19-12-13-23(22(15-19)25(31)32)28(4)14-8-11-21-17(2)27-29(5)18(21)3/h6-7,9-10,12-13,15H,8,11,14H2,1-5H3,(H,26,30)(H,31,32). The summed E-state index contributed by atoms with van der Waals surface area (Å²) < 4.78 is 1.89. The summed E-state index contributed by atoms with van der Waals surface area (Å²) in [5.41, 5.74) is 6.08. The Labute approximate surface area is 188 Å². The van der Waals surface area contributed by atoms with Gasteiger partial charge in [0.05, 0.1) is 16.9 Å². The molecule has 0 unspecified atom stereocenters. The summed E-state index contributed by atoms with van der Waals surface area (Å²) in [7, 11) is 3.83. The number of nitrogens with one attached hydrogen (secondary N) is 1. The summed E-state index contributed by atoms with van der Waals surface area (Å²) in [6.45, 7) is 6.64. The van der Waals surface area contributed by atoms with E-state index >= 15 is 0 Å². The number of aromatic carboxylic acids is 1. The average Bonchev–Trinajstić information content (AvgIpc) is 2.99. The minimum Gasteiger partial charge on any atom is -0.478 e. The summed E-state index contributed by atoms with van der Waals surface area (Å²) in [5.74, 6) is -1.29. The Morgan fingerprint density at radius 2 is 1.81 bits per heavy atom. The first-order valence-electron chi connectivity index (χ1n) is 10.6. The van der Waals surface area contributed by atoms with Crippen molar-refractivity contribution in [2.24, 2.45) is 7.05 Å². The second kappa shape index (κ2) is 9.68. The van der Waals surface area contributed by atoms with E-state index in [-0.39, 0.29) is 11.5 Å².